The molecule has 10 heteroatoms. The van der Waals surface area contributed by atoms with Crippen LogP contribution in [0.4, 0.5) is 13.2 Å². The van der Waals surface area contributed by atoms with Gasteiger partial charge in [0.25, 0.3) is 0 Å². The summed E-state index contributed by atoms with van der Waals surface area (Å²) in [5.41, 5.74) is 1.03. The van der Waals surface area contributed by atoms with Crippen molar-refractivity contribution in [2.45, 2.75) is 33.9 Å². The van der Waals surface area contributed by atoms with E-state index in [1.54, 1.807) is 20.8 Å². The Bertz CT molecular complexity index is 1170. The lowest BCUT2D eigenvalue weighted by Crippen LogP contribution is -2.12. The van der Waals surface area contributed by atoms with E-state index in [1.807, 2.05) is 0 Å². The average molecular weight is 420 g/mol. The summed E-state index contributed by atoms with van der Waals surface area (Å²) in [7, 11) is 0. The highest BCUT2D eigenvalue weighted by Crippen LogP contribution is 2.30. The Morgan fingerprint density at radius 1 is 1.27 bits per heavy atom. The van der Waals surface area contributed by atoms with Crippen molar-refractivity contribution >= 4 is 23.5 Å². The SMILES string of the molecule is CCOC(=O)c1[nH]c(C)c(C(=O)C=Cc2c(C)nn3c(C(F)(F)F)ccnc23)c1C. The molecule has 0 aromatic carbocycles. The number of rotatable bonds is 5. The van der Waals surface area contributed by atoms with Crippen LogP contribution in [0.15, 0.2) is 18.3 Å². The Balaban J connectivity index is 2.00. The highest BCUT2D eigenvalue weighted by molar-refractivity contribution is 6.10. The predicted molar refractivity (Wildman–Crippen MR) is 102 cm³/mol. The first-order valence-corrected chi connectivity index (χ1v) is 9.06. The van der Waals surface area contributed by atoms with Crippen LogP contribution in [-0.4, -0.2) is 37.9 Å². The molecule has 0 amide bonds. The number of allylic oxidation sites excluding steroid dienone is 1. The number of hydrogen-bond donors (Lipinski definition) is 1. The molecule has 0 saturated carbocycles. The molecule has 0 aliphatic rings. The number of H-pyrrole nitrogens is 1. The zero-order chi connectivity index (χ0) is 22.2. The minimum atomic E-state index is -4.60. The maximum atomic E-state index is 13.2. The van der Waals surface area contributed by atoms with Gasteiger partial charge in [-0.25, -0.2) is 14.3 Å². The number of halogens is 3. The molecular formula is C20H19F3N4O3. The number of nitrogens with one attached hydrogen (secondary N) is 1. The Morgan fingerprint density at radius 3 is 2.60 bits per heavy atom. The standard InChI is InChI=1S/C20H19F3N4O3/c1-5-30-19(29)17-10(2)16(12(4)25-17)14(28)7-6-13-11(3)26-27-15(20(21,22)23)8-9-24-18(13)27/h6-9,25H,5H2,1-4H3. The second-order valence-corrected chi connectivity index (χ2v) is 6.61. The van der Waals surface area contributed by atoms with Gasteiger partial charge in [-0.05, 0) is 51.5 Å². The zero-order valence-corrected chi connectivity index (χ0v) is 16.7. The molecule has 0 aliphatic carbocycles. The van der Waals surface area contributed by atoms with Crippen LogP contribution in [0.25, 0.3) is 11.7 Å². The number of alkyl halides is 3. The van der Waals surface area contributed by atoms with Gasteiger partial charge < -0.3 is 9.72 Å². The summed E-state index contributed by atoms with van der Waals surface area (Å²) in [6.07, 6.45) is -0.947. The lowest BCUT2D eigenvalue weighted by Gasteiger charge is -2.07. The fourth-order valence-electron chi connectivity index (χ4n) is 3.25. The third-order valence-electron chi connectivity index (χ3n) is 4.59. The number of hydrogen-bond acceptors (Lipinski definition) is 5. The molecule has 0 atom stereocenters. The highest BCUT2D eigenvalue weighted by atomic mass is 19.4. The third kappa shape index (κ3) is 3.72. The molecule has 1 N–H and O–H groups in total. The lowest BCUT2D eigenvalue weighted by molar-refractivity contribution is -0.142. The Morgan fingerprint density at radius 2 is 1.97 bits per heavy atom. The average Bonchev–Trinajstić information content (AvgIpc) is 3.14. The normalized spacial score (nSPS) is 12.1. The summed E-state index contributed by atoms with van der Waals surface area (Å²) in [4.78, 5) is 31.6. The number of aromatic nitrogens is 4. The quantitative estimate of drug-likeness (QED) is 0.382. The Labute approximate surface area is 169 Å². The van der Waals surface area contributed by atoms with E-state index >= 15 is 0 Å². The summed E-state index contributed by atoms with van der Waals surface area (Å²) in [6, 6.07) is 0.835. The summed E-state index contributed by atoms with van der Waals surface area (Å²) < 4.78 is 45.3. The van der Waals surface area contributed by atoms with Crippen molar-refractivity contribution in [1.82, 2.24) is 19.6 Å². The maximum absolute atomic E-state index is 13.2. The van der Waals surface area contributed by atoms with Crippen LogP contribution in [0, 0.1) is 20.8 Å². The summed E-state index contributed by atoms with van der Waals surface area (Å²) in [5.74, 6) is -0.981. The van der Waals surface area contributed by atoms with Crippen molar-refractivity contribution in [2.75, 3.05) is 6.61 Å². The van der Waals surface area contributed by atoms with Crippen molar-refractivity contribution in [3.05, 3.63) is 57.8 Å². The van der Waals surface area contributed by atoms with Gasteiger partial charge in [0.1, 0.15) is 11.4 Å². The first-order chi connectivity index (χ1) is 14.1. The van der Waals surface area contributed by atoms with Crippen molar-refractivity contribution in [1.29, 1.82) is 0 Å². The molecule has 0 radical (unpaired) electrons. The van der Waals surface area contributed by atoms with Gasteiger partial charge in [0, 0.05) is 23.0 Å². The van der Waals surface area contributed by atoms with Crippen LogP contribution in [0.1, 0.15) is 56.0 Å². The van der Waals surface area contributed by atoms with Gasteiger partial charge in [-0.1, -0.05) is 0 Å². The zero-order valence-electron chi connectivity index (χ0n) is 16.7. The largest absolute Gasteiger partial charge is 0.461 e. The topological polar surface area (TPSA) is 89.4 Å². The number of fused-ring (bicyclic) bond motifs is 1. The summed E-state index contributed by atoms with van der Waals surface area (Å²) in [5, 5.41) is 3.92. The van der Waals surface area contributed by atoms with Crippen molar-refractivity contribution in [2.24, 2.45) is 0 Å². The fraction of sp³-hybridized carbons (Fsp3) is 0.300. The minimum absolute atomic E-state index is 0.0129. The van der Waals surface area contributed by atoms with Crippen LogP contribution < -0.4 is 0 Å². The van der Waals surface area contributed by atoms with Gasteiger partial charge in [0.15, 0.2) is 11.4 Å². The van der Waals surface area contributed by atoms with E-state index in [9.17, 15) is 22.8 Å². The molecule has 0 unspecified atom stereocenters. The fourth-order valence-corrected chi connectivity index (χ4v) is 3.25. The number of esters is 1. The monoisotopic (exact) mass is 420 g/mol. The van der Waals surface area contributed by atoms with Crippen molar-refractivity contribution < 1.29 is 27.5 Å². The molecule has 0 fully saturated rings. The maximum Gasteiger partial charge on any atom is 0.433 e. The van der Waals surface area contributed by atoms with E-state index in [0.29, 0.717) is 26.9 Å². The van der Waals surface area contributed by atoms with Crippen LogP contribution >= 0.6 is 0 Å². The number of ether oxygens (including phenoxy) is 1. The molecule has 0 bridgehead atoms. The van der Waals surface area contributed by atoms with Gasteiger partial charge >= 0.3 is 12.1 Å². The molecule has 158 valence electrons. The number of nitrogens with zero attached hydrogens (tertiary/aromatic N) is 3. The molecule has 3 rings (SSSR count). The van der Waals surface area contributed by atoms with Gasteiger partial charge in [-0.15, -0.1) is 0 Å². The molecule has 0 saturated heterocycles. The smallest absolute Gasteiger partial charge is 0.433 e. The number of aromatic amines is 1. The van der Waals surface area contributed by atoms with Gasteiger partial charge in [-0.3, -0.25) is 4.79 Å². The summed E-state index contributed by atoms with van der Waals surface area (Å²) in [6.45, 7) is 6.67. The van der Waals surface area contributed by atoms with E-state index in [-0.39, 0.29) is 23.6 Å². The number of carbonyl (C=O) groups excluding carboxylic acids is 2. The number of aryl methyl sites for hydroxylation is 2. The van der Waals surface area contributed by atoms with Crippen LogP contribution in [0.5, 0.6) is 0 Å². The van der Waals surface area contributed by atoms with Crippen LogP contribution in [0.3, 0.4) is 0 Å². The predicted octanol–water partition coefficient (Wildman–Crippen LogP) is 4.07. The first-order valence-electron chi connectivity index (χ1n) is 9.06. The van der Waals surface area contributed by atoms with Gasteiger partial charge in [-0.2, -0.15) is 18.3 Å². The molecular weight excluding hydrogens is 401 g/mol. The molecule has 3 aromatic rings. The third-order valence-corrected chi connectivity index (χ3v) is 4.59. The van der Waals surface area contributed by atoms with E-state index in [4.69, 9.17) is 4.74 Å². The Kier molecular flexibility index (Phi) is 5.51. The van der Waals surface area contributed by atoms with Crippen LogP contribution in [-0.2, 0) is 10.9 Å². The number of carbonyl (C=O) groups is 2. The highest BCUT2D eigenvalue weighted by Gasteiger charge is 2.34. The molecule has 30 heavy (non-hydrogen) atoms. The first kappa shape index (κ1) is 21.3. The molecule has 3 heterocycles. The lowest BCUT2D eigenvalue weighted by atomic mass is 10.0. The molecule has 3 aromatic heterocycles. The van der Waals surface area contributed by atoms with E-state index < -0.39 is 23.6 Å². The van der Waals surface area contributed by atoms with E-state index in [0.717, 1.165) is 12.3 Å². The number of ketones is 1. The van der Waals surface area contributed by atoms with Gasteiger partial charge in [0.05, 0.1) is 12.3 Å². The summed E-state index contributed by atoms with van der Waals surface area (Å²) >= 11 is 0. The van der Waals surface area contributed by atoms with Crippen LogP contribution in [0.2, 0.25) is 0 Å². The van der Waals surface area contributed by atoms with E-state index in [1.165, 1.54) is 19.1 Å². The molecule has 0 spiro atoms. The molecule has 7 nitrogen and oxygen atoms in total. The Hall–Kier alpha value is -3.43. The van der Waals surface area contributed by atoms with Crippen molar-refractivity contribution in [3.8, 4) is 0 Å². The second kappa shape index (κ2) is 7.77. The molecule has 0 aliphatic heterocycles. The van der Waals surface area contributed by atoms with E-state index in [2.05, 4.69) is 15.1 Å². The van der Waals surface area contributed by atoms with Crippen molar-refractivity contribution in [3.63, 3.8) is 0 Å². The van der Waals surface area contributed by atoms with Gasteiger partial charge in [0.2, 0.25) is 0 Å². The second-order valence-electron chi connectivity index (χ2n) is 6.61. The minimum Gasteiger partial charge on any atom is -0.461 e.